The standard InChI is InChI=1S/C15H16N2O2/c1-11-14(9-13(16)10-17-11)15(18)19-8-7-12-5-3-2-4-6-12/h2-6,9-10H,7-8,16H2,1H3. The second kappa shape index (κ2) is 6.00. The van der Waals surface area contributed by atoms with E-state index in [4.69, 9.17) is 10.5 Å². The molecule has 0 aliphatic rings. The molecule has 1 aromatic carbocycles. The van der Waals surface area contributed by atoms with Crippen molar-refractivity contribution in [3.8, 4) is 0 Å². The number of carbonyl (C=O) groups excluding carboxylic acids is 1. The molecule has 2 N–H and O–H groups in total. The number of nitrogens with zero attached hydrogens (tertiary/aromatic N) is 1. The Labute approximate surface area is 112 Å². The van der Waals surface area contributed by atoms with Crippen molar-refractivity contribution in [2.75, 3.05) is 12.3 Å². The first kappa shape index (κ1) is 13.1. The van der Waals surface area contributed by atoms with Crippen LogP contribution in [0.5, 0.6) is 0 Å². The maximum absolute atomic E-state index is 11.9. The lowest BCUT2D eigenvalue weighted by Gasteiger charge is -2.07. The highest BCUT2D eigenvalue weighted by atomic mass is 16.5. The van der Waals surface area contributed by atoms with E-state index in [1.165, 1.54) is 6.20 Å². The van der Waals surface area contributed by atoms with Gasteiger partial charge in [0.2, 0.25) is 0 Å². The summed E-state index contributed by atoms with van der Waals surface area (Å²) in [5.41, 5.74) is 8.26. The summed E-state index contributed by atoms with van der Waals surface area (Å²) in [6.45, 7) is 2.10. The lowest BCUT2D eigenvalue weighted by molar-refractivity contribution is 0.0508. The lowest BCUT2D eigenvalue weighted by Crippen LogP contribution is -2.11. The molecular weight excluding hydrogens is 240 g/mol. The van der Waals surface area contributed by atoms with Crippen LogP contribution in [0.25, 0.3) is 0 Å². The number of benzene rings is 1. The van der Waals surface area contributed by atoms with Gasteiger partial charge in [-0.2, -0.15) is 0 Å². The molecule has 1 heterocycles. The largest absolute Gasteiger partial charge is 0.462 e. The average molecular weight is 256 g/mol. The summed E-state index contributed by atoms with van der Waals surface area (Å²) >= 11 is 0. The summed E-state index contributed by atoms with van der Waals surface area (Å²) in [4.78, 5) is 15.9. The van der Waals surface area contributed by atoms with Gasteiger partial charge < -0.3 is 10.5 Å². The van der Waals surface area contributed by atoms with Gasteiger partial charge >= 0.3 is 5.97 Å². The molecule has 98 valence electrons. The maximum Gasteiger partial charge on any atom is 0.340 e. The van der Waals surface area contributed by atoms with E-state index in [0.717, 1.165) is 5.56 Å². The van der Waals surface area contributed by atoms with Gasteiger partial charge in [-0.15, -0.1) is 0 Å². The molecule has 0 amide bonds. The molecule has 0 aliphatic heterocycles. The van der Waals surface area contributed by atoms with Crippen LogP contribution in [-0.2, 0) is 11.2 Å². The van der Waals surface area contributed by atoms with Gasteiger partial charge in [0.1, 0.15) is 0 Å². The minimum Gasteiger partial charge on any atom is -0.462 e. The minimum absolute atomic E-state index is 0.344. The SMILES string of the molecule is Cc1ncc(N)cc1C(=O)OCCc1ccccc1. The van der Waals surface area contributed by atoms with Crippen molar-refractivity contribution in [3.63, 3.8) is 0 Å². The fourth-order valence-electron chi connectivity index (χ4n) is 1.74. The number of aromatic nitrogens is 1. The number of carbonyl (C=O) groups is 1. The van der Waals surface area contributed by atoms with Crippen molar-refractivity contribution < 1.29 is 9.53 Å². The van der Waals surface area contributed by atoms with Crippen molar-refractivity contribution in [3.05, 3.63) is 59.4 Å². The monoisotopic (exact) mass is 256 g/mol. The Morgan fingerprint density at radius 1 is 1.32 bits per heavy atom. The van der Waals surface area contributed by atoms with Gasteiger partial charge in [0.25, 0.3) is 0 Å². The third kappa shape index (κ3) is 3.55. The van der Waals surface area contributed by atoms with Crippen LogP contribution in [0, 0.1) is 6.92 Å². The molecule has 0 bridgehead atoms. The summed E-state index contributed by atoms with van der Waals surface area (Å²) in [6, 6.07) is 11.5. The number of ether oxygens (including phenoxy) is 1. The number of nitrogen functional groups attached to an aromatic ring is 1. The molecule has 0 unspecified atom stereocenters. The fourth-order valence-corrected chi connectivity index (χ4v) is 1.74. The quantitative estimate of drug-likeness (QED) is 0.853. The van der Waals surface area contributed by atoms with Crippen LogP contribution in [0.15, 0.2) is 42.6 Å². The van der Waals surface area contributed by atoms with Crippen molar-refractivity contribution in [2.24, 2.45) is 0 Å². The Kier molecular flexibility index (Phi) is 4.13. The van der Waals surface area contributed by atoms with E-state index < -0.39 is 0 Å². The molecule has 0 radical (unpaired) electrons. The molecule has 1 aromatic heterocycles. The van der Waals surface area contributed by atoms with Crippen LogP contribution in [0.3, 0.4) is 0 Å². The highest BCUT2D eigenvalue weighted by molar-refractivity contribution is 5.91. The topological polar surface area (TPSA) is 65.2 Å². The van der Waals surface area contributed by atoms with E-state index in [2.05, 4.69) is 4.98 Å². The summed E-state index contributed by atoms with van der Waals surface area (Å²) in [5.74, 6) is -0.381. The molecular formula is C15H16N2O2. The zero-order valence-electron chi connectivity index (χ0n) is 10.8. The third-order valence-corrected chi connectivity index (χ3v) is 2.79. The first-order valence-electron chi connectivity index (χ1n) is 6.10. The molecule has 0 aliphatic carbocycles. The van der Waals surface area contributed by atoms with Crippen LogP contribution < -0.4 is 5.73 Å². The van der Waals surface area contributed by atoms with Crippen molar-refractivity contribution in [1.82, 2.24) is 4.98 Å². The lowest BCUT2D eigenvalue weighted by atomic mass is 10.1. The molecule has 4 nitrogen and oxygen atoms in total. The zero-order chi connectivity index (χ0) is 13.7. The molecule has 0 atom stereocenters. The Morgan fingerprint density at radius 2 is 2.05 bits per heavy atom. The number of esters is 1. The number of anilines is 1. The van der Waals surface area contributed by atoms with E-state index in [-0.39, 0.29) is 5.97 Å². The van der Waals surface area contributed by atoms with E-state index in [9.17, 15) is 4.79 Å². The number of hydrogen-bond donors (Lipinski definition) is 1. The summed E-state index contributed by atoms with van der Waals surface area (Å²) in [7, 11) is 0. The van der Waals surface area contributed by atoms with Gasteiger partial charge in [-0.3, -0.25) is 4.98 Å². The van der Waals surface area contributed by atoms with E-state index in [0.29, 0.717) is 30.0 Å². The second-order valence-electron chi connectivity index (χ2n) is 4.27. The third-order valence-electron chi connectivity index (χ3n) is 2.79. The van der Waals surface area contributed by atoms with Gasteiger partial charge in [0, 0.05) is 6.42 Å². The Morgan fingerprint density at radius 3 is 2.79 bits per heavy atom. The summed E-state index contributed by atoms with van der Waals surface area (Å²) in [6.07, 6.45) is 2.22. The molecule has 19 heavy (non-hydrogen) atoms. The molecule has 2 aromatic rings. The van der Waals surface area contributed by atoms with Crippen LogP contribution in [0.2, 0.25) is 0 Å². The Bertz CT molecular complexity index is 568. The van der Waals surface area contributed by atoms with Gasteiger partial charge in [0.05, 0.1) is 29.7 Å². The predicted molar refractivity (Wildman–Crippen MR) is 73.8 cm³/mol. The van der Waals surface area contributed by atoms with E-state index in [1.807, 2.05) is 30.3 Å². The second-order valence-corrected chi connectivity index (χ2v) is 4.27. The summed E-state index contributed by atoms with van der Waals surface area (Å²) < 4.78 is 5.23. The van der Waals surface area contributed by atoms with Gasteiger partial charge in [0.15, 0.2) is 0 Å². The van der Waals surface area contributed by atoms with Crippen molar-refractivity contribution in [2.45, 2.75) is 13.3 Å². The van der Waals surface area contributed by atoms with Crippen LogP contribution in [-0.4, -0.2) is 17.6 Å². The van der Waals surface area contributed by atoms with Crippen LogP contribution >= 0.6 is 0 Å². The highest BCUT2D eigenvalue weighted by Crippen LogP contribution is 2.11. The number of pyridine rings is 1. The predicted octanol–water partition coefficient (Wildman–Crippen LogP) is 2.37. The molecule has 0 fully saturated rings. The number of hydrogen-bond acceptors (Lipinski definition) is 4. The minimum atomic E-state index is -0.381. The first-order valence-corrected chi connectivity index (χ1v) is 6.10. The molecule has 0 saturated heterocycles. The number of nitrogens with two attached hydrogens (primary N) is 1. The van der Waals surface area contributed by atoms with Gasteiger partial charge in [-0.25, -0.2) is 4.79 Å². The number of aryl methyl sites for hydroxylation is 1. The average Bonchev–Trinajstić information content (AvgIpc) is 2.42. The van der Waals surface area contributed by atoms with E-state index in [1.54, 1.807) is 13.0 Å². The van der Waals surface area contributed by atoms with E-state index >= 15 is 0 Å². The van der Waals surface area contributed by atoms with Crippen molar-refractivity contribution in [1.29, 1.82) is 0 Å². The fraction of sp³-hybridized carbons (Fsp3) is 0.200. The summed E-state index contributed by atoms with van der Waals surface area (Å²) in [5, 5.41) is 0. The molecule has 4 heteroatoms. The van der Waals surface area contributed by atoms with Gasteiger partial charge in [-0.1, -0.05) is 30.3 Å². The van der Waals surface area contributed by atoms with Crippen LogP contribution in [0.1, 0.15) is 21.6 Å². The van der Waals surface area contributed by atoms with Gasteiger partial charge in [-0.05, 0) is 18.6 Å². The highest BCUT2D eigenvalue weighted by Gasteiger charge is 2.11. The molecule has 0 saturated carbocycles. The Balaban J connectivity index is 1.93. The zero-order valence-corrected chi connectivity index (χ0v) is 10.8. The molecule has 2 rings (SSSR count). The molecule has 0 spiro atoms. The smallest absolute Gasteiger partial charge is 0.340 e. The van der Waals surface area contributed by atoms with Crippen molar-refractivity contribution >= 4 is 11.7 Å². The maximum atomic E-state index is 11.9. The first-order chi connectivity index (χ1) is 9.16. The number of rotatable bonds is 4. The Hall–Kier alpha value is -2.36. The normalized spacial score (nSPS) is 10.2. The van der Waals surface area contributed by atoms with Crippen LogP contribution in [0.4, 0.5) is 5.69 Å².